The van der Waals surface area contributed by atoms with E-state index in [1.54, 1.807) is 37.4 Å². The molecule has 0 atom stereocenters. The van der Waals surface area contributed by atoms with Gasteiger partial charge in [-0.1, -0.05) is 17.7 Å². The third kappa shape index (κ3) is 5.58. The summed E-state index contributed by atoms with van der Waals surface area (Å²) >= 11 is 0. The van der Waals surface area contributed by atoms with Crippen LogP contribution in [0.25, 0.3) is 10.9 Å². The van der Waals surface area contributed by atoms with Crippen molar-refractivity contribution in [3.8, 4) is 0 Å². The van der Waals surface area contributed by atoms with Gasteiger partial charge in [0.25, 0.3) is 0 Å². The number of aryl methyl sites for hydroxylation is 1. The lowest BCUT2D eigenvalue weighted by atomic mass is 10.1. The third-order valence-corrected chi connectivity index (χ3v) is 6.16. The van der Waals surface area contributed by atoms with Crippen molar-refractivity contribution in [2.75, 3.05) is 26.7 Å². The second-order valence-electron chi connectivity index (χ2n) is 6.89. The van der Waals surface area contributed by atoms with Crippen molar-refractivity contribution in [2.24, 2.45) is 4.99 Å². The molecule has 9 heteroatoms. The van der Waals surface area contributed by atoms with E-state index in [0.29, 0.717) is 19.0 Å². The fraction of sp³-hybridized carbons (Fsp3) is 0.286. The van der Waals surface area contributed by atoms with E-state index >= 15 is 0 Å². The quantitative estimate of drug-likeness (QED) is 0.250. The lowest BCUT2D eigenvalue weighted by Crippen LogP contribution is -2.42. The van der Waals surface area contributed by atoms with E-state index in [2.05, 4.69) is 25.3 Å². The van der Waals surface area contributed by atoms with Crippen LogP contribution in [0.3, 0.4) is 0 Å². The summed E-state index contributed by atoms with van der Waals surface area (Å²) < 4.78 is 40.4. The molecular weight excluding hydrogens is 405 g/mol. The number of H-pyrrole nitrogens is 1. The number of sulfonamides is 1. The summed E-state index contributed by atoms with van der Waals surface area (Å²) in [4.78, 5) is 7.46. The van der Waals surface area contributed by atoms with Crippen LogP contribution in [0.4, 0.5) is 4.39 Å². The number of aromatic amines is 1. The molecule has 0 fully saturated rings. The van der Waals surface area contributed by atoms with E-state index in [-0.39, 0.29) is 17.3 Å². The summed E-state index contributed by atoms with van der Waals surface area (Å²) in [5.74, 6) is 0.312. The van der Waals surface area contributed by atoms with E-state index in [1.807, 2.05) is 13.1 Å². The lowest BCUT2D eigenvalue weighted by Gasteiger charge is -2.12. The van der Waals surface area contributed by atoms with Crippen LogP contribution < -0.4 is 15.4 Å². The number of rotatable bonds is 8. The highest BCUT2D eigenvalue weighted by atomic mass is 32.2. The number of fused-ring (bicyclic) bond motifs is 1. The Morgan fingerprint density at radius 3 is 2.53 bits per heavy atom. The SMILES string of the molecule is CN=C(NCCNS(=O)(=O)c1ccc(C)cc1)NCCc1c[nH]c2cc(F)ccc12. The molecule has 30 heavy (non-hydrogen) atoms. The maximum Gasteiger partial charge on any atom is 0.240 e. The van der Waals surface area contributed by atoms with Crippen molar-refractivity contribution in [1.29, 1.82) is 0 Å². The number of hydrogen-bond acceptors (Lipinski definition) is 3. The number of guanidine groups is 1. The average Bonchev–Trinajstić information content (AvgIpc) is 3.12. The van der Waals surface area contributed by atoms with Gasteiger partial charge in [0.1, 0.15) is 5.82 Å². The Morgan fingerprint density at radius 1 is 1.07 bits per heavy atom. The topological polar surface area (TPSA) is 98.4 Å². The zero-order chi connectivity index (χ0) is 21.6. The van der Waals surface area contributed by atoms with Gasteiger partial charge in [-0.3, -0.25) is 4.99 Å². The molecule has 0 bridgehead atoms. The highest BCUT2D eigenvalue weighted by Crippen LogP contribution is 2.19. The fourth-order valence-electron chi connectivity index (χ4n) is 3.07. The minimum atomic E-state index is -3.53. The second-order valence-corrected chi connectivity index (χ2v) is 8.66. The van der Waals surface area contributed by atoms with Crippen LogP contribution in [0.15, 0.2) is 58.5 Å². The number of aromatic nitrogens is 1. The summed E-state index contributed by atoms with van der Waals surface area (Å²) in [7, 11) is -1.88. The Bertz CT molecular complexity index is 1120. The summed E-state index contributed by atoms with van der Waals surface area (Å²) in [6.45, 7) is 3.14. The van der Waals surface area contributed by atoms with Crippen molar-refractivity contribution in [3.63, 3.8) is 0 Å². The number of nitrogens with one attached hydrogen (secondary N) is 4. The first-order valence-electron chi connectivity index (χ1n) is 9.65. The van der Waals surface area contributed by atoms with Crippen LogP contribution in [0.1, 0.15) is 11.1 Å². The minimum Gasteiger partial charge on any atom is -0.361 e. The van der Waals surface area contributed by atoms with E-state index in [1.165, 1.54) is 12.1 Å². The Morgan fingerprint density at radius 2 is 1.80 bits per heavy atom. The highest BCUT2D eigenvalue weighted by molar-refractivity contribution is 7.89. The Balaban J connectivity index is 1.43. The largest absolute Gasteiger partial charge is 0.361 e. The van der Waals surface area contributed by atoms with Gasteiger partial charge in [-0.2, -0.15) is 0 Å². The molecule has 0 saturated heterocycles. The lowest BCUT2D eigenvalue weighted by molar-refractivity contribution is 0.580. The van der Waals surface area contributed by atoms with Gasteiger partial charge >= 0.3 is 0 Å². The van der Waals surface area contributed by atoms with E-state index in [4.69, 9.17) is 0 Å². The maximum atomic E-state index is 13.3. The summed E-state index contributed by atoms with van der Waals surface area (Å²) in [5.41, 5.74) is 2.86. The Labute approximate surface area is 175 Å². The molecule has 7 nitrogen and oxygen atoms in total. The van der Waals surface area contributed by atoms with Gasteiger partial charge in [0, 0.05) is 43.8 Å². The summed E-state index contributed by atoms with van der Waals surface area (Å²) in [6.07, 6.45) is 2.61. The van der Waals surface area contributed by atoms with Crippen molar-refractivity contribution in [3.05, 3.63) is 65.6 Å². The van der Waals surface area contributed by atoms with Crippen LogP contribution in [-0.2, 0) is 16.4 Å². The molecule has 0 aliphatic carbocycles. The predicted molar refractivity (Wildman–Crippen MR) is 118 cm³/mol. The third-order valence-electron chi connectivity index (χ3n) is 4.68. The standard InChI is InChI=1S/C21H26FN5O2S/c1-15-3-6-18(7-4-15)30(28,29)27-12-11-25-21(23-2)24-10-9-16-14-26-20-13-17(22)5-8-19(16)20/h3-8,13-14,26-27H,9-12H2,1-2H3,(H2,23,24,25). The second kappa shape index (κ2) is 9.73. The van der Waals surface area contributed by atoms with Crippen molar-refractivity contribution < 1.29 is 12.8 Å². The molecular formula is C21H26FN5O2S. The first kappa shape index (κ1) is 21.8. The first-order chi connectivity index (χ1) is 14.4. The van der Waals surface area contributed by atoms with Crippen LogP contribution in [-0.4, -0.2) is 46.0 Å². The minimum absolute atomic E-state index is 0.227. The summed E-state index contributed by atoms with van der Waals surface area (Å²) in [5, 5.41) is 7.27. The molecule has 0 aliphatic rings. The smallest absolute Gasteiger partial charge is 0.240 e. The highest BCUT2D eigenvalue weighted by Gasteiger charge is 2.12. The first-order valence-corrected chi connectivity index (χ1v) is 11.1. The van der Waals surface area contributed by atoms with E-state index in [9.17, 15) is 12.8 Å². The van der Waals surface area contributed by atoms with Crippen molar-refractivity contribution in [2.45, 2.75) is 18.2 Å². The van der Waals surface area contributed by atoms with Crippen LogP contribution in [0, 0.1) is 12.7 Å². The zero-order valence-electron chi connectivity index (χ0n) is 17.0. The Hall–Kier alpha value is -2.91. The number of nitrogens with zero attached hydrogens (tertiary/aromatic N) is 1. The Kier molecular flexibility index (Phi) is 7.07. The molecule has 3 rings (SSSR count). The monoisotopic (exact) mass is 431 g/mol. The number of hydrogen-bond donors (Lipinski definition) is 4. The molecule has 160 valence electrons. The number of halogens is 1. The molecule has 2 aromatic carbocycles. The van der Waals surface area contributed by atoms with Gasteiger partial charge in [0.15, 0.2) is 5.96 Å². The zero-order valence-corrected chi connectivity index (χ0v) is 17.8. The fourth-order valence-corrected chi connectivity index (χ4v) is 4.10. The molecule has 0 unspecified atom stereocenters. The van der Waals surface area contributed by atoms with E-state index in [0.717, 1.165) is 28.5 Å². The summed E-state index contributed by atoms with van der Waals surface area (Å²) in [6, 6.07) is 11.4. The van der Waals surface area contributed by atoms with Gasteiger partial charge in [-0.05, 0) is 49.2 Å². The number of benzene rings is 2. The van der Waals surface area contributed by atoms with Gasteiger partial charge in [-0.15, -0.1) is 0 Å². The van der Waals surface area contributed by atoms with E-state index < -0.39 is 10.0 Å². The van der Waals surface area contributed by atoms with Crippen LogP contribution in [0.5, 0.6) is 0 Å². The maximum absolute atomic E-state index is 13.3. The molecule has 1 heterocycles. The normalized spacial score (nSPS) is 12.3. The van der Waals surface area contributed by atoms with Gasteiger partial charge in [-0.25, -0.2) is 17.5 Å². The molecule has 4 N–H and O–H groups in total. The molecule has 0 amide bonds. The molecule has 0 saturated carbocycles. The van der Waals surface area contributed by atoms with Crippen molar-refractivity contribution >= 4 is 26.9 Å². The van der Waals surface area contributed by atoms with Gasteiger partial charge in [0.2, 0.25) is 10.0 Å². The predicted octanol–water partition coefficient (Wildman–Crippen LogP) is 2.30. The van der Waals surface area contributed by atoms with Crippen LogP contribution in [0.2, 0.25) is 0 Å². The van der Waals surface area contributed by atoms with Gasteiger partial charge < -0.3 is 15.6 Å². The van der Waals surface area contributed by atoms with Crippen molar-refractivity contribution in [1.82, 2.24) is 20.3 Å². The molecule has 3 aromatic rings. The number of aliphatic imine (C=N–C) groups is 1. The average molecular weight is 432 g/mol. The van der Waals surface area contributed by atoms with Crippen LogP contribution >= 0.6 is 0 Å². The molecule has 0 spiro atoms. The molecule has 0 radical (unpaired) electrons. The molecule has 1 aromatic heterocycles. The molecule has 0 aliphatic heterocycles. The van der Waals surface area contributed by atoms with Gasteiger partial charge in [0.05, 0.1) is 4.90 Å².